The first kappa shape index (κ1) is 15.0. The van der Waals surface area contributed by atoms with Crippen molar-refractivity contribution < 1.29 is 14.3 Å². The van der Waals surface area contributed by atoms with Crippen LogP contribution in [0.3, 0.4) is 0 Å². The zero-order chi connectivity index (χ0) is 15.5. The van der Waals surface area contributed by atoms with E-state index in [0.29, 0.717) is 18.9 Å². The van der Waals surface area contributed by atoms with E-state index in [1.54, 1.807) is 0 Å². The summed E-state index contributed by atoms with van der Waals surface area (Å²) in [5.41, 5.74) is 2.03. The van der Waals surface area contributed by atoms with Gasteiger partial charge in [-0.3, -0.25) is 9.59 Å². The van der Waals surface area contributed by atoms with Gasteiger partial charge in [0.05, 0.1) is 12.5 Å². The fourth-order valence-corrected chi connectivity index (χ4v) is 3.79. The zero-order valence-corrected chi connectivity index (χ0v) is 13.0. The lowest BCUT2D eigenvalue weighted by Crippen LogP contribution is -2.33. The summed E-state index contributed by atoms with van der Waals surface area (Å²) in [6, 6.07) is 10.1. The highest BCUT2D eigenvalue weighted by Crippen LogP contribution is 2.44. The van der Waals surface area contributed by atoms with Gasteiger partial charge in [0.15, 0.2) is 5.78 Å². The molecule has 0 aromatic heterocycles. The number of fused-ring (bicyclic) bond motifs is 1. The number of ketones is 1. The Morgan fingerprint density at radius 2 is 2.05 bits per heavy atom. The molecular formula is C19H22O3. The molecule has 0 unspecified atom stereocenters. The summed E-state index contributed by atoms with van der Waals surface area (Å²) in [5, 5.41) is 0. The van der Waals surface area contributed by atoms with Gasteiger partial charge >= 0.3 is 5.97 Å². The van der Waals surface area contributed by atoms with E-state index >= 15 is 0 Å². The molecule has 2 aliphatic carbocycles. The Balaban J connectivity index is 1.97. The maximum Gasteiger partial charge on any atom is 0.313 e. The SMILES string of the molecule is CCOC(=O)[C@@H]1C=C2C(=O)CCC[C@H]2C[C@H]1c1ccccc1. The first-order chi connectivity index (χ1) is 10.7. The Morgan fingerprint density at radius 1 is 1.27 bits per heavy atom. The summed E-state index contributed by atoms with van der Waals surface area (Å²) in [7, 11) is 0. The van der Waals surface area contributed by atoms with Gasteiger partial charge in [0.2, 0.25) is 0 Å². The summed E-state index contributed by atoms with van der Waals surface area (Å²) in [6.07, 6.45) is 5.41. The highest BCUT2D eigenvalue weighted by molar-refractivity contribution is 5.97. The van der Waals surface area contributed by atoms with Crippen LogP contribution in [0.4, 0.5) is 0 Å². The molecule has 0 amide bonds. The molecule has 0 heterocycles. The van der Waals surface area contributed by atoms with Gasteiger partial charge in [0.25, 0.3) is 0 Å². The normalized spacial score (nSPS) is 27.8. The number of carbonyl (C=O) groups is 2. The second-order valence-electron chi connectivity index (χ2n) is 6.17. The Hall–Kier alpha value is -1.90. The number of benzene rings is 1. The van der Waals surface area contributed by atoms with E-state index in [1.807, 2.05) is 31.2 Å². The average Bonchev–Trinajstić information content (AvgIpc) is 2.55. The molecule has 1 aromatic carbocycles. The molecule has 1 aromatic rings. The van der Waals surface area contributed by atoms with Gasteiger partial charge in [-0.15, -0.1) is 0 Å². The topological polar surface area (TPSA) is 43.4 Å². The van der Waals surface area contributed by atoms with Gasteiger partial charge in [-0.2, -0.15) is 0 Å². The van der Waals surface area contributed by atoms with Gasteiger partial charge in [-0.05, 0) is 43.2 Å². The maximum atomic E-state index is 12.4. The van der Waals surface area contributed by atoms with E-state index < -0.39 is 0 Å². The van der Waals surface area contributed by atoms with Crippen molar-refractivity contribution in [3.63, 3.8) is 0 Å². The van der Waals surface area contributed by atoms with Crippen LogP contribution in [0.2, 0.25) is 0 Å². The standard InChI is InChI=1S/C19H22O3/c1-2-22-19(21)17-12-16-14(9-6-10-18(16)20)11-15(17)13-7-4-3-5-8-13/h3-5,7-8,12,14-15,17H,2,6,9-11H2,1H3/t14-,15-,17+/m0/s1. The van der Waals surface area contributed by atoms with Gasteiger partial charge in [-0.1, -0.05) is 36.4 Å². The smallest absolute Gasteiger partial charge is 0.313 e. The van der Waals surface area contributed by atoms with Crippen LogP contribution in [0.5, 0.6) is 0 Å². The molecule has 22 heavy (non-hydrogen) atoms. The van der Waals surface area contributed by atoms with Crippen LogP contribution in [0.1, 0.15) is 44.1 Å². The van der Waals surface area contributed by atoms with Crippen molar-refractivity contribution in [2.45, 2.75) is 38.5 Å². The van der Waals surface area contributed by atoms with Gasteiger partial charge in [-0.25, -0.2) is 0 Å². The Morgan fingerprint density at radius 3 is 2.77 bits per heavy atom. The summed E-state index contributed by atoms with van der Waals surface area (Å²) in [6.45, 7) is 2.19. The Kier molecular flexibility index (Phi) is 4.41. The van der Waals surface area contributed by atoms with Crippen molar-refractivity contribution in [2.24, 2.45) is 11.8 Å². The first-order valence-electron chi connectivity index (χ1n) is 8.17. The number of allylic oxidation sites excluding steroid dienone is 1. The van der Waals surface area contributed by atoms with Gasteiger partial charge in [0, 0.05) is 12.3 Å². The lowest BCUT2D eigenvalue weighted by atomic mass is 9.67. The highest BCUT2D eigenvalue weighted by atomic mass is 16.5. The largest absolute Gasteiger partial charge is 0.466 e. The number of ether oxygens (including phenoxy) is 1. The molecular weight excluding hydrogens is 276 g/mol. The minimum Gasteiger partial charge on any atom is -0.466 e. The van der Waals surface area contributed by atoms with Crippen molar-refractivity contribution in [1.82, 2.24) is 0 Å². The zero-order valence-electron chi connectivity index (χ0n) is 13.0. The lowest BCUT2D eigenvalue weighted by molar-refractivity contribution is -0.147. The highest BCUT2D eigenvalue weighted by Gasteiger charge is 2.39. The molecule has 1 saturated carbocycles. The fourth-order valence-electron chi connectivity index (χ4n) is 3.79. The monoisotopic (exact) mass is 298 g/mol. The van der Waals surface area contributed by atoms with Crippen LogP contribution in [0.25, 0.3) is 0 Å². The number of hydrogen-bond donors (Lipinski definition) is 0. The van der Waals surface area contributed by atoms with Crippen molar-refractivity contribution in [3.8, 4) is 0 Å². The average molecular weight is 298 g/mol. The third-order valence-corrected chi connectivity index (χ3v) is 4.84. The molecule has 3 rings (SSSR count). The molecule has 2 aliphatic rings. The van der Waals surface area contributed by atoms with E-state index in [0.717, 1.165) is 30.4 Å². The van der Waals surface area contributed by atoms with E-state index in [1.165, 1.54) is 0 Å². The van der Waals surface area contributed by atoms with Crippen LogP contribution in [0.15, 0.2) is 42.0 Å². The second kappa shape index (κ2) is 6.47. The van der Waals surface area contributed by atoms with Gasteiger partial charge in [0.1, 0.15) is 0 Å². The Labute approximate surface area is 131 Å². The van der Waals surface area contributed by atoms with Crippen LogP contribution >= 0.6 is 0 Å². The molecule has 0 radical (unpaired) electrons. The minimum atomic E-state index is -0.337. The molecule has 0 spiro atoms. The predicted molar refractivity (Wildman–Crippen MR) is 84.4 cm³/mol. The van der Waals surface area contributed by atoms with E-state index in [2.05, 4.69) is 12.1 Å². The number of rotatable bonds is 3. The van der Waals surface area contributed by atoms with Crippen molar-refractivity contribution >= 4 is 11.8 Å². The Bertz CT molecular complexity index is 588. The van der Waals surface area contributed by atoms with Crippen LogP contribution in [0, 0.1) is 11.8 Å². The minimum absolute atomic E-state index is 0.111. The summed E-state index contributed by atoms with van der Waals surface area (Å²) in [5.74, 6) is 0.0884. The summed E-state index contributed by atoms with van der Waals surface area (Å²) >= 11 is 0. The number of carbonyl (C=O) groups excluding carboxylic acids is 2. The quantitative estimate of drug-likeness (QED) is 0.800. The summed E-state index contributed by atoms with van der Waals surface area (Å²) in [4.78, 5) is 24.6. The maximum absolute atomic E-state index is 12.4. The van der Waals surface area contributed by atoms with Crippen LogP contribution in [-0.2, 0) is 14.3 Å². The summed E-state index contributed by atoms with van der Waals surface area (Å²) < 4.78 is 5.25. The van der Waals surface area contributed by atoms with E-state index in [4.69, 9.17) is 4.74 Å². The molecule has 0 N–H and O–H groups in total. The molecule has 116 valence electrons. The van der Waals surface area contributed by atoms with Crippen LogP contribution < -0.4 is 0 Å². The van der Waals surface area contributed by atoms with E-state index in [-0.39, 0.29) is 23.6 Å². The molecule has 3 atom stereocenters. The molecule has 3 heteroatoms. The molecule has 3 nitrogen and oxygen atoms in total. The molecule has 0 bridgehead atoms. The van der Waals surface area contributed by atoms with Crippen molar-refractivity contribution in [1.29, 1.82) is 0 Å². The van der Waals surface area contributed by atoms with E-state index in [9.17, 15) is 9.59 Å². The second-order valence-corrected chi connectivity index (χ2v) is 6.17. The third kappa shape index (κ3) is 2.85. The van der Waals surface area contributed by atoms with Crippen molar-refractivity contribution in [3.05, 3.63) is 47.5 Å². The number of Topliss-reactive ketones (excluding diaryl/α,β-unsaturated/α-hetero) is 1. The third-order valence-electron chi connectivity index (χ3n) is 4.84. The molecule has 1 fully saturated rings. The first-order valence-corrected chi connectivity index (χ1v) is 8.17. The predicted octanol–water partition coefficient (Wildman–Crippen LogP) is 3.65. The van der Waals surface area contributed by atoms with Crippen molar-refractivity contribution in [2.75, 3.05) is 6.61 Å². The number of esters is 1. The lowest BCUT2D eigenvalue weighted by Gasteiger charge is -2.36. The molecule has 0 aliphatic heterocycles. The number of hydrogen-bond acceptors (Lipinski definition) is 3. The molecule has 0 saturated heterocycles. The fraction of sp³-hybridized carbons (Fsp3) is 0.474. The van der Waals surface area contributed by atoms with Gasteiger partial charge < -0.3 is 4.74 Å². The van der Waals surface area contributed by atoms with Crippen LogP contribution in [-0.4, -0.2) is 18.4 Å².